The number of hydrogen-bond acceptors (Lipinski definition) is 5. The van der Waals surface area contributed by atoms with E-state index in [0.717, 1.165) is 16.9 Å². The Labute approximate surface area is 173 Å². The van der Waals surface area contributed by atoms with Crippen LogP contribution in [0.25, 0.3) is 0 Å². The molecule has 3 rings (SSSR count). The van der Waals surface area contributed by atoms with Gasteiger partial charge in [0, 0.05) is 31.2 Å². The molecule has 2 aromatic carbocycles. The molecular weight excluding hydrogens is 393 g/mol. The van der Waals surface area contributed by atoms with Crippen LogP contribution in [-0.2, 0) is 21.9 Å². The average Bonchev–Trinajstić information content (AvgIpc) is 2.72. The molecule has 0 aromatic heterocycles. The molecule has 2 amide bonds. The van der Waals surface area contributed by atoms with Crippen molar-refractivity contribution in [3.63, 3.8) is 0 Å². The number of thioether (sulfide) groups is 1. The van der Waals surface area contributed by atoms with Crippen LogP contribution < -0.4 is 20.7 Å². The van der Waals surface area contributed by atoms with Crippen LogP contribution in [0.3, 0.4) is 0 Å². The first-order valence-corrected chi connectivity index (χ1v) is 10.4. The summed E-state index contributed by atoms with van der Waals surface area (Å²) in [7, 11) is 1.61. The second-order valence-electron chi connectivity index (χ2n) is 6.78. The molecule has 2 aromatic rings. The Bertz CT molecular complexity index is 830. The van der Waals surface area contributed by atoms with Crippen molar-refractivity contribution >= 4 is 23.6 Å². The lowest BCUT2D eigenvalue weighted by Crippen LogP contribution is -2.55. The summed E-state index contributed by atoms with van der Waals surface area (Å²) >= 11 is 1.50. The van der Waals surface area contributed by atoms with Gasteiger partial charge in [-0.2, -0.15) is 0 Å². The number of benzene rings is 2. The maximum atomic E-state index is 13.0. The van der Waals surface area contributed by atoms with E-state index in [2.05, 4.69) is 16.0 Å². The Morgan fingerprint density at radius 3 is 2.55 bits per heavy atom. The molecule has 2 unspecified atom stereocenters. The van der Waals surface area contributed by atoms with Gasteiger partial charge >= 0.3 is 0 Å². The normalized spacial score (nSPS) is 18.8. The Balaban J connectivity index is 1.44. The summed E-state index contributed by atoms with van der Waals surface area (Å²) in [5.41, 5.74) is 1.65. The molecule has 0 bridgehead atoms. The van der Waals surface area contributed by atoms with Gasteiger partial charge in [0.25, 0.3) is 0 Å². The number of methoxy groups -OCH3 is 1. The van der Waals surface area contributed by atoms with Crippen molar-refractivity contribution in [2.45, 2.75) is 36.7 Å². The number of hydrogen-bond donors (Lipinski definition) is 3. The number of nitrogens with one attached hydrogen (secondary N) is 3. The third-order valence-corrected chi connectivity index (χ3v) is 5.61. The molecule has 1 heterocycles. The van der Waals surface area contributed by atoms with Crippen molar-refractivity contribution in [2.75, 3.05) is 7.11 Å². The van der Waals surface area contributed by atoms with Crippen LogP contribution in [0, 0.1) is 5.82 Å². The molecule has 0 radical (unpaired) electrons. The van der Waals surface area contributed by atoms with E-state index < -0.39 is 0 Å². The van der Waals surface area contributed by atoms with Crippen molar-refractivity contribution in [1.29, 1.82) is 0 Å². The second-order valence-corrected chi connectivity index (χ2v) is 7.88. The highest BCUT2D eigenvalue weighted by Crippen LogP contribution is 2.19. The molecule has 0 saturated carbocycles. The lowest BCUT2D eigenvalue weighted by atomic mass is 10.1. The minimum Gasteiger partial charge on any atom is -0.497 e. The minimum absolute atomic E-state index is 0.0895. The molecule has 1 aliphatic heterocycles. The van der Waals surface area contributed by atoms with E-state index in [4.69, 9.17) is 4.74 Å². The van der Waals surface area contributed by atoms with Crippen LogP contribution in [0.2, 0.25) is 0 Å². The molecule has 1 fully saturated rings. The number of carbonyl (C=O) groups excluding carboxylic acids is 2. The van der Waals surface area contributed by atoms with E-state index in [1.165, 1.54) is 23.9 Å². The topological polar surface area (TPSA) is 79.5 Å². The lowest BCUT2D eigenvalue weighted by Gasteiger charge is -2.31. The molecule has 0 spiro atoms. The highest BCUT2D eigenvalue weighted by atomic mass is 32.2. The van der Waals surface area contributed by atoms with E-state index in [0.29, 0.717) is 12.3 Å². The summed E-state index contributed by atoms with van der Waals surface area (Å²) in [5.74, 6) is 0.906. The van der Waals surface area contributed by atoms with Gasteiger partial charge in [-0.05, 0) is 35.4 Å². The van der Waals surface area contributed by atoms with Gasteiger partial charge in [-0.15, -0.1) is 11.8 Å². The molecule has 6 nitrogen and oxygen atoms in total. The predicted molar refractivity (Wildman–Crippen MR) is 111 cm³/mol. The zero-order valence-corrected chi connectivity index (χ0v) is 16.9. The fourth-order valence-electron chi connectivity index (χ4n) is 2.96. The van der Waals surface area contributed by atoms with Gasteiger partial charge in [-0.1, -0.05) is 24.3 Å². The molecule has 2 atom stereocenters. The number of carbonyl (C=O) groups is 2. The third-order valence-electron chi connectivity index (χ3n) is 4.52. The van der Waals surface area contributed by atoms with Crippen molar-refractivity contribution in [3.8, 4) is 5.75 Å². The molecule has 1 aliphatic rings. The van der Waals surface area contributed by atoms with Gasteiger partial charge in [-0.25, -0.2) is 4.39 Å². The van der Waals surface area contributed by atoms with E-state index in [1.54, 1.807) is 19.2 Å². The van der Waals surface area contributed by atoms with Gasteiger partial charge in [-0.3, -0.25) is 14.9 Å². The molecule has 29 heavy (non-hydrogen) atoms. The first kappa shape index (κ1) is 21.1. The molecule has 0 aliphatic carbocycles. The number of halogens is 1. The van der Waals surface area contributed by atoms with Crippen molar-refractivity contribution in [1.82, 2.24) is 16.0 Å². The maximum absolute atomic E-state index is 13.0. The van der Waals surface area contributed by atoms with Crippen LogP contribution in [0.15, 0.2) is 48.5 Å². The first-order chi connectivity index (χ1) is 14.0. The second kappa shape index (κ2) is 10.3. The maximum Gasteiger partial charge on any atom is 0.223 e. The van der Waals surface area contributed by atoms with Crippen molar-refractivity contribution in [3.05, 3.63) is 65.5 Å². The van der Waals surface area contributed by atoms with Crippen LogP contribution in [0.4, 0.5) is 4.39 Å². The largest absolute Gasteiger partial charge is 0.497 e. The Morgan fingerprint density at radius 1 is 1.17 bits per heavy atom. The van der Waals surface area contributed by atoms with Crippen molar-refractivity contribution in [2.24, 2.45) is 0 Å². The van der Waals surface area contributed by atoms with E-state index >= 15 is 0 Å². The van der Waals surface area contributed by atoms with Crippen molar-refractivity contribution < 1.29 is 18.7 Å². The Kier molecular flexibility index (Phi) is 7.48. The minimum atomic E-state index is -0.291. The van der Waals surface area contributed by atoms with Gasteiger partial charge in [0.1, 0.15) is 17.1 Å². The highest BCUT2D eigenvalue weighted by molar-refractivity contribution is 7.99. The van der Waals surface area contributed by atoms with E-state index in [1.807, 2.05) is 24.3 Å². The van der Waals surface area contributed by atoms with Gasteiger partial charge in [0.15, 0.2) is 0 Å². The fourth-order valence-corrected chi connectivity index (χ4v) is 4.02. The number of ether oxygens (including phenoxy) is 1. The third kappa shape index (κ3) is 6.76. The SMILES string of the molecule is COc1ccc(CNC(=O)CC2CC(=O)NC(SCc3ccc(F)cc3)N2)cc1. The quantitative estimate of drug-likeness (QED) is 0.615. The Hall–Kier alpha value is -2.58. The van der Waals surface area contributed by atoms with Gasteiger partial charge in [0.2, 0.25) is 11.8 Å². The van der Waals surface area contributed by atoms with Crippen LogP contribution in [-0.4, -0.2) is 30.5 Å². The summed E-state index contributed by atoms with van der Waals surface area (Å²) in [6.07, 6.45) is 0.473. The predicted octanol–water partition coefficient (Wildman–Crippen LogP) is 2.54. The standard InChI is InChI=1S/C21H24FN3O3S/c1-28-18-8-4-14(5-9-18)12-23-19(26)10-17-11-20(27)25-21(24-17)29-13-15-2-6-16(22)7-3-15/h2-9,17,21,24H,10-13H2,1H3,(H,23,26)(H,25,27). The fraction of sp³-hybridized carbons (Fsp3) is 0.333. The average molecular weight is 418 g/mol. The molecule has 3 N–H and O–H groups in total. The first-order valence-electron chi connectivity index (χ1n) is 9.33. The molecule has 1 saturated heterocycles. The van der Waals surface area contributed by atoms with Gasteiger partial charge in [0.05, 0.1) is 7.11 Å². The summed E-state index contributed by atoms with van der Waals surface area (Å²) in [6, 6.07) is 13.5. The number of rotatable bonds is 8. The van der Waals surface area contributed by atoms with E-state index in [-0.39, 0.29) is 42.0 Å². The Morgan fingerprint density at radius 2 is 1.86 bits per heavy atom. The monoisotopic (exact) mass is 417 g/mol. The molecule has 154 valence electrons. The van der Waals surface area contributed by atoms with E-state index in [9.17, 15) is 14.0 Å². The smallest absolute Gasteiger partial charge is 0.223 e. The summed E-state index contributed by atoms with van der Waals surface area (Å²) < 4.78 is 18.1. The molecular formula is C21H24FN3O3S. The summed E-state index contributed by atoms with van der Waals surface area (Å²) in [6.45, 7) is 0.421. The van der Waals surface area contributed by atoms with Crippen LogP contribution >= 0.6 is 11.8 Å². The lowest BCUT2D eigenvalue weighted by molar-refractivity contribution is -0.125. The van der Waals surface area contributed by atoms with Gasteiger partial charge < -0.3 is 15.4 Å². The number of amides is 2. The zero-order valence-electron chi connectivity index (χ0n) is 16.1. The van der Waals surface area contributed by atoms with Crippen LogP contribution in [0.5, 0.6) is 5.75 Å². The zero-order chi connectivity index (χ0) is 20.6. The highest BCUT2D eigenvalue weighted by Gasteiger charge is 2.27. The summed E-state index contributed by atoms with van der Waals surface area (Å²) in [5, 5.41) is 9.04. The van der Waals surface area contributed by atoms with Crippen LogP contribution in [0.1, 0.15) is 24.0 Å². The molecule has 8 heteroatoms. The summed E-state index contributed by atoms with van der Waals surface area (Å²) in [4.78, 5) is 24.3.